The minimum Gasteiger partial charge on any atom is -0.357 e. The molecule has 0 aliphatic heterocycles. The lowest BCUT2D eigenvalue weighted by atomic mass is 9.93. The lowest BCUT2D eigenvalue weighted by molar-refractivity contribution is -0.384. The molecule has 1 heterocycles. The Morgan fingerprint density at radius 2 is 1.95 bits per heavy atom. The van der Waals surface area contributed by atoms with Crippen molar-refractivity contribution in [1.29, 1.82) is 0 Å². The number of anilines is 1. The molecule has 1 N–H and O–H groups in total. The minimum atomic E-state index is -0.395. The van der Waals surface area contributed by atoms with Crippen molar-refractivity contribution in [3.63, 3.8) is 0 Å². The van der Waals surface area contributed by atoms with Gasteiger partial charge in [0.15, 0.2) is 5.13 Å². The number of non-ortho nitro benzene ring substituents is 1. The highest BCUT2D eigenvalue weighted by Crippen LogP contribution is 2.26. The molecular weight excluding hydrogens is 274 g/mol. The fraction of sp³-hybridized carbons (Fsp3) is 0.357. The quantitative estimate of drug-likeness (QED) is 0.684. The molecule has 6 heteroatoms. The van der Waals surface area contributed by atoms with Gasteiger partial charge in [-0.05, 0) is 5.56 Å². The number of hydrogen-bond donors (Lipinski definition) is 1. The number of benzene rings is 1. The normalized spacial score (nSPS) is 11.3. The van der Waals surface area contributed by atoms with Gasteiger partial charge in [-0.2, -0.15) is 0 Å². The van der Waals surface area contributed by atoms with Crippen molar-refractivity contribution in [2.24, 2.45) is 0 Å². The van der Waals surface area contributed by atoms with Gasteiger partial charge in [0, 0.05) is 29.5 Å². The van der Waals surface area contributed by atoms with Crippen LogP contribution in [0.2, 0.25) is 0 Å². The van der Waals surface area contributed by atoms with Gasteiger partial charge in [0.1, 0.15) is 0 Å². The summed E-state index contributed by atoms with van der Waals surface area (Å²) in [5, 5.41) is 16.7. The number of rotatable bonds is 4. The van der Waals surface area contributed by atoms with Crippen molar-refractivity contribution in [1.82, 2.24) is 4.98 Å². The predicted molar refractivity (Wildman–Crippen MR) is 81.2 cm³/mol. The second-order valence-electron chi connectivity index (χ2n) is 5.57. The second kappa shape index (κ2) is 5.58. The number of nitro benzene ring substituents is 1. The van der Waals surface area contributed by atoms with Gasteiger partial charge in [0.2, 0.25) is 0 Å². The summed E-state index contributed by atoms with van der Waals surface area (Å²) >= 11 is 1.57. The Bertz CT molecular complexity index is 600. The molecule has 0 aliphatic carbocycles. The van der Waals surface area contributed by atoms with Gasteiger partial charge < -0.3 is 5.32 Å². The van der Waals surface area contributed by atoms with Crippen molar-refractivity contribution in [2.45, 2.75) is 32.7 Å². The molecular formula is C14H17N3O2S. The first-order chi connectivity index (χ1) is 9.36. The molecule has 106 valence electrons. The highest BCUT2D eigenvalue weighted by molar-refractivity contribution is 7.13. The molecule has 0 bridgehead atoms. The van der Waals surface area contributed by atoms with E-state index >= 15 is 0 Å². The van der Waals surface area contributed by atoms with E-state index in [1.54, 1.807) is 23.5 Å². The monoisotopic (exact) mass is 291 g/mol. The average molecular weight is 291 g/mol. The number of nitrogens with one attached hydrogen (secondary N) is 1. The first-order valence-electron chi connectivity index (χ1n) is 6.29. The van der Waals surface area contributed by atoms with Crippen LogP contribution < -0.4 is 5.32 Å². The standard InChI is InChI=1S/C14H17N3O2S/c1-14(2,3)12-9-20-13(16-12)15-8-10-4-6-11(7-5-10)17(18)19/h4-7,9H,8H2,1-3H3,(H,15,16). The Balaban J connectivity index is 1.98. The van der Waals surface area contributed by atoms with Gasteiger partial charge in [-0.15, -0.1) is 11.3 Å². The Hall–Kier alpha value is -1.95. The van der Waals surface area contributed by atoms with E-state index in [1.807, 2.05) is 0 Å². The third-order valence-corrected chi connectivity index (χ3v) is 3.66. The summed E-state index contributed by atoms with van der Waals surface area (Å²) in [5.41, 5.74) is 2.21. The lowest BCUT2D eigenvalue weighted by Gasteiger charge is -2.14. The van der Waals surface area contributed by atoms with Gasteiger partial charge in [0.25, 0.3) is 5.69 Å². The molecule has 1 aromatic carbocycles. The third-order valence-electron chi connectivity index (χ3n) is 2.86. The maximum absolute atomic E-state index is 10.6. The molecule has 0 amide bonds. The summed E-state index contributed by atoms with van der Waals surface area (Å²) in [5.74, 6) is 0. The SMILES string of the molecule is CC(C)(C)c1csc(NCc2ccc([N+](=O)[O-])cc2)n1. The van der Waals surface area contributed by atoms with Crippen LogP contribution in [0.1, 0.15) is 32.0 Å². The summed E-state index contributed by atoms with van der Waals surface area (Å²) < 4.78 is 0. The average Bonchev–Trinajstić information content (AvgIpc) is 2.85. The van der Waals surface area contributed by atoms with E-state index in [-0.39, 0.29) is 11.1 Å². The molecule has 2 rings (SSSR count). The first kappa shape index (κ1) is 14.5. The van der Waals surface area contributed by atoms with Crippen molar-refractivity contribution >= 4 is 22.2 Å². The van der Waals surface area contributed by atoms with E-state index in [4.69, 9.17) is 0 Å². The zero-order valence-corrected chi connectivity index (χ0v) is 12.5. The van der Waals surface area contributed by atoms with E-state index in [0.717, 1.165) is 16.4 Å². The highest BCUT2D eigenvalue weighted by Gasteiger charge is 2.17. The van der Waals surface area contributed by atoms with E-state index in [0.29, 0.717) is 6.54 Å². The van der Waals surface area contributed by atoms with Gasteiger partial charge in [-0.1, -0.05) is 32.9 Å². The Kier molecular flexibility index (Phi) is 4.04. The van der Waals surface area contributed by atoms with Gasteiger partial charge in [-0.3, -0.25) is 10.1 Å². The summed E-state index contributed by atoms with van der Waals surface area (Å²) in [7, 11) is 0. The number of aromatic nitrogens is 1. The molecule has 0 unspecified atom stereocenters. The number of thiazole rings is 1. The van der Waals surface area contributed by atoms with Crippen LogP contribution in [-0.4, -0.2) is 9.91 Å². The second-order valence-corrected chi connectivity index (χ2v) is 6.42. The summed E-state index contributed by atoms with van der Waals surface area (Å²) in [6, 6.07) is 6.53. The van der Waals surface area contributed by atoms with E-state index in [9.17, 15) is 10.1 Å². The first-order valence-corrected chi connectivity index (χ1v) is 7.17. The molecule has 0 atom stereocenters. The minimum absolute atomic E-state index is 0.0454. The van der Waals surface area contributed by atoms with Crippen LogP contribution in [0.4, 0.5) is 10.8 Å². The number of nitrogens with zero attached hydrogens (tertiary/aromatic N) is 2. The van der Waals surface area contributed by atoms with E-state index < -0.39 is 4.92 Å². The van der Waals surface area contributed by atoms with E-state index in [1.165, 1.54) is 12.1 Å². The van der Waals surface area contributed by atoms with Gasteiger partial charge >= 0.3 is 0 Å². The Morgan fingerprint density at radius 3 is 2.45 bits per heavy atom. The summed E-state index contributed by atoms with van der Waals surface area (Å²) in [4.78, 5) is 14.7. The van der Waals surface area contributed by atoms with Crippen LogP contribution in [0, 0.1) is 10.1 Å². The molecule has 5 nitrogen and oxygen atoms in total. The Labute approximate surface area is 121 Å². The largest absolute Gasteiger partial charge is 0.357 e. The maximum atomic E-state index is 10.6. The molecule has 2 aromatic rings. The summed E-state index contributed by atoms with van der Waals surface area (Å²) in [6.45, 7) is 6.99. The molecule has 0 aliphatic rings. The smallest absolute Gasteiger partial charge is 0.269 e. The zero-order chi connectivity index (χ0) is 14.8. The summed E-state index contributed by atoms with van der Waals surface area (Å²) in [6.07, 6.45) is 0. The fourth-order valence-electron chi connectivity index (χ4n) is 1.61. The molecule has 1 aromatic heterocycles. The molecule has 0 fully saturated rings. The predicted octanol–water partition coefficient (Wildman–Crippen LogP) is 3.96. The van der Waals surface area contributed by atoms with Crippen LogP contribution in [0.25, 0.3) is 0 Å². The molecule has 20 heavy (non-hydrogen) atoms. The maximum Gasteiger partial charge on any atom is 0.269 e. The van der Waals surface area contributed by atoms with Gasteiger partial charge in [-0.25, -0.2) is 4.98 Å². The van der Waals surface area contributed by atoms with Crippen molar-refractivity contribution in [3.05, 3.63) is 51.0 Å². The van der Waals surface area contributed by atoms with Gasteiger partial charge in [0.05, 0.1) is 10.6 Å². The zero-order valence-electron chi connectivity index (χ0n) is 11.7. The highest BCUT2D eigenvalue weighted by atomic mass is 32.1. The van der Waals surface area contributed by atoms with Crippen LogP contribution in [0.3, 0.4) is 0 Å². The third kappa shape index (κ3) is 3.54. The van der Waals surface area contributed by atoms with Crippen LogP contribution in [0.15, 0.2) is 29.6 Å². The molecule has 0 spiro atoms. The van der Waals surface area contributed by atoms with Crippen molar-refractivity contribution in [3.8, 4) is 0 Å². The van der Waals surface area contributed by atoms with E-state index in [2.05, 4.69) is 36.5 Å². The van der Waals surface area contributed by atoms with Crippen LogP contribution >= 0.6 is 11.3 Å². The topological polar surface area (TPSA) is 68.1 Å². The number of hydrogen-bond acceptors (Lipinski definition) is 5. The fourth-order valence-corrected chi connectivity index (χ4v) is 2.55. The van der Waals surface area contributed by atoms with Crippen molar-refractivity contribution < 1.29 is 4.92 Å². The molecule has 0 saturated carbocycles. The molecule has 0 radical (unpaired) electrons. The molecule has 0 saturated heterocycles. The number of nitro groups is 1. The lowest BCUT2D eigenvalue weighted by Crippen LogP contribution is -2.11. The van der Waals surface area contributed by atoms with Crippen LogP contribution in [0.5, 0.6) is 0 Å². The van der Waals surface area contributed by atoms with Crippen molar-refractivity contribution in [2.75, 3.05) is 5.32 Å². The Morgan fingerprint density at radius 1 is 1.30 bits per heavy atom. The van der Waals surface area contributed by atoms with Crippen LogP contribution in [-0.2, 0) is 12.0 Å².